The molecule has 0 aliphatic carbocycles. The number of fused-ring (bicyclic) bond motifs is 1. The average Bonchev–Trinajstić information content (AvgIpc) is 3.05. The highest BCUT2D eigenvalue weighted by Crippen LogP contribution is 2.22. The normalized spacial score (nSPS) is 15.2. The molecule has 0 saturated carbocycles. The quantitative estimate of drug-likeness (QED) is 0.645. The van der Waals surface area contributed by atoms with Gasteiger partial charge in [0.1, 0.15) is 6.17 Å². The van der Waals surface area contributed by atoms with Gasteiger partial charge in [-0.15, -0.1) is 0 Å². The van der Waals surface area contributed by atoms with Gasteiger partial charge in [-0.05, 0) is 29.5 Å². The van der Waals surface area contributed by atoms with Gasteiger partial charge in [0.2, 0.25) is 0 Å². The first-order valence-electron chi connectivity index (χ1n) is 8.71. The first kappa shape index (κ1) is 17.6. The van der Waals surface area contributed by atoms with Gasteiger partial charge in [-0.25, -0.2) is 4.39 Å². The van der Waals surface area contributed by atoms with Crippen molar-refractivity contribution in [2.75, 3.05) is 6.61 Å². The highest BCUT2D eigenvalue weighted by molar-refractivity contribution is 5.83. The van der Waals surface area contributed by atoms with Crippen LogP contribution in [-0.2, 0) is 17.8 Å². The third kappa shape index (κ3) is 4.47. The van der Waals surface area contributed by atoms with Crippen LogP contribution in [0.25, 0.3) is 10.9 Å². The van der Waals surface area contributed by atoms with E-state index in [1.807, 2.05) is 61.7 Å². The molecule has 0 bridgehead atoms. The Morgan fingerprint density at radius 3 is 2.60 bits per heavy atom. The summed E-state index contributed by atoms with van der Waals surface area (Å²) in [6, 6.07) is 17.3. The number of hydrogen-bond donors (Lipinski definition) is 2. The van der Waals surface area contributed by atoms with Crippen LogP contribution in [0.2, 0.25) is 0 Å². The minimum atomic E-state index is -1.18. The summed E-state index contributed by atoms with van der Waals surface area (Å²) in [5.41, 5.74) is 9.45. The predicted octanol–water partition coefficient (Wildman–Crippen LogP) is 4.23. The lowest BCUT2D eigenvalue weighted by molar-refractivity contribution is 0.0517. The van der Waals surface area contributed by atoms with Crippen molar-refractivity contribution in [3.63, 3.8) is 0 Å². The molecule has 0 aliphatic rings. The van der Waals surface area contributed by atoms with Crippen LogP contribution < -0.4 is 5.73 Å². The van der Waals surface area contributed by atoms with Gasteiger partial charge < -0.3 is 15.5 Å². The molecule has 3 aromatic rings. The van der Waals surface area contributed by atoms with Crippen molar-refractivity contribution < 1.29 is 9.13 Å². The van der Waals surface area contributed by atoms with Crippen molar-refractivity contribution in [2.45, 2.75) is 32.2 Å². The predicted molar refractivity (Wildman–Crippen MR) is 100 cm³/mol. The van der Waals surface area contributed by atoms with E-state index < -0.39 is 12.2 Å². The molecule has 0 aliphatic heterocycles. The Morgan fingerprint density at radius 2 is 1.80 bits per heavy atom. The van der Waals surface area contributed by atoms with E-state index in [0.717, 1.165) is 17.5 Å². The number of aromatic amines is 1. The highest BCUT2D eigenvalue weighted by Gasteiger charge is 2.24. The van der Waals surface area contributed by atoms with Gasteiger partial charge in [0.05, 0.1) is 13.2 Å². The number of rotatable bonds is 8. The number of benzene rings is 2. The molecule has 1 aromatic heterocycles. The Balaban J connectivity index is 1.51. The summed E-state index contributed by atoms with van der Waals surface area (Å²) >= 11 is 0. The van der Waals surface area contributed by atoms with Gasteiger partial charge in [0.25, 0.3) is 0 Å². The standard InChI is InChI=1S/C21H25FN2O/c1-15(11-17-12-24-20-10-6-5-9-18(17)20)21(23)19(22)14-25-13-16-7-3-2-4-8-16/h2-10,12,15,19,21,24H,11,13-14,23H2,1H3/t15-,19?,21?/m1/s1. The van der Waals surface area contributed by atoms with Crippen molar-refractivity contribution in [3.05, 3.63) is 71.9 Å². The molecule has 4 heteroatoms. The SMILES string of the molecule is C[C@H](Cc1c[nH]c2ccccc12)C(N)C(F)COCc1ccccc1. The molecule has 132 valence electrons. The molecule has 1 heterocycles. The van der Waals surface area contributed by atoms with Crippen LogP contribution in [-0.4, -0.2) is 23.8 Å². The monoisotopic (exact) mass is 340 g/mol. The van der Waals surface area contributed by atoms with E-state index in [1.54, 1.807) is 0 Å². The third-order valence-corrected chi connectivity index (χ3v) is 4.68. The fraction of sp³-hybridized carbons (Fsp3) is 0.333. The lowest BCUT2D eigenvalue weighted by Crippen LogP contribution is -2.41. The molecule has 2 aromatic carbocycles. The van der Waals surface area contributed by atoms with Gasteiger partial charge >= 0.3 is 0 Å². The lowest BCUT2D eigenvalue weighted by atomic mass is 9.91. The highest BCUT2D eigenvalue weighted by atomic mass is 19.1. The zero-order chi connectivity index (χ0) is 17.6. The molecule has 3 nitrogen and oxygen atoms in total. The van der Waals surface area contributed by atoms with Gasteiger partial charge in [-0.3, -0.25) is 0 Å². The van der Waals surface area contributed by atoms with E-state index in [9.17, 15) is 4.39 Å². The number of nitrogens with one attached hydrogen (secondary N) is 1. The number of alkyl halides is 1. The average molecular weight is 340 g/mol. The first-order chi connectivity index (χ1) is 12.1. The van der Waals surface area contributed by atoms with Crippen LogP contribution in [0.15, 0.2) is 60.8 Å². The molecular formula is C21H25FN2O. The molecule has 2 unspecified atom stereocenters. The molecule has 0 saturated heterocycles. The fourth-order valence-electron chi connectivity index (χ4n) is 3.11. The summed E-state index contributed by atoms with van der Waals surface area (Å²) in [4.78, 5) is 3.25. The van der Waals surface area contributed by atoms with E-state index in [1.165, 1.54) is 10.9 Å². The molecule has 0 amide bonds. The summed E-state index contributed by atoms with van der Waals surface area (Å²) in [6.45, 7) is 2.43. The number of ether oxygens (including phenoxy) is 1. The zero-order valence-electron chi connectivity index (χ0n) is 14.5. The number of halogens is 1. The Labute approximate surface area is 148 Å². The molecule has 3 rings (SSSR count). The smallest absolute Gasteiger partial charge is 0.139 e. The lowest BCUT2D eigenvalue weighted by Gasteiger charge is -2.23. The maximum Gasteiger partial charge on any atom is 0.139 e. The van der Waals surface area contributed by atoms with Crippen LogP contribution in [0.3, 0.4) is 0 Å². The Hall–Kier alpha value is -2.17. The number of nitrogens with two attached hydrogens (primary N) is 1. The minimum Gasteiger partial charge on any atom is -0.374 e. The number of H-pyrrole nitrogens is 1. The van der Waals surface area contributed by atoms with Gasteiger partial charge in [-0.1, -0.05) is 55.5 Å². The number of hydrogen-bond acceptors (Lipinski definition) is 2. The molecule has 0 radical (unpaired) electrons. The second-order valence-electron chi connectivity index (χ2n) is 6.63. The number of aromatic nitrogens is 1. The molecule has 0 fully saturated rings. The van der Waals surface area contributed by atoms with E-state index in [0.29, 0.717) is 6.61 Å². The molecular weight excluding hydrogens is 315 g/mol. The fourth-order valence-corrected chi connectivity index (χ4v) is 3.11. The summed E-state index contributed by atoms with van der Waals surface area (Å²) in [7, 11) is 0. The number of para-hydroxylation sites is 1. The molecule has 3 atom stereocenters. The molecule has 25 heavy (non-hydrogen) atoms. The Morgan fingerprint density at radius 1 is 1.08 bits per heavy atom. The van der Waals surface area contributed by atoms with Gasteiger partial charge in [0.15, 0.2) is 0 Å². The summed E-state index contributed by atoms with van der Waals surface area (Å²) in [6.07, 6.45) is 1.56. The van der Waals surface area contributed by atoms with Crippen molar-refractivity contribution in [3.8, 4) is 0 Å². The van der Waals surface area contributed by atoms with Gasteiger partial charge in [0, 0.05) is 23.1 Å². The van der Waals surface area contributed by atoms with Crippen LogP contribution in [0.4, 0.5) is 4.39 Å². The van der Waals surface area contributed by atoms with E-state index in [2.05, 4.69) is 11.1 Å². The summed E-state index contributed by atoms with van der Waals surface area (Å²) in [5, 5.41) is 1.18. The maximum absolute atomic E-state index is 14.4. The van der Waals surface area contributed by atoms with Gasteiger partial charge in [-0.2, -0.15) is 0 Å². The van der Waals surface area contributed by atoms with E-state index >= 15 is 0 Å². The van der Waals surface area contributed by atoms with E-state index in [4.69, 9.17) is 10.5 Å². The summed E-state index contributed by atoms with van der Waals surface area (Å²) < 4.78 is 19.9. The third-order valence-electron chi connectivity index (χ3n) is 4.68. The molecule has 3 N–H and O–H groups in total. The zero-order valence-corrected chi connectivity index (χ0v) is 14.5. The summed E-state index contributed by atoms with van der Waals surface area (Å²) in [5.74, 6) is 0.0227. The second-order valence-corrected chi connectivity index (χ2v) is 6.63. The van der Waals surface area contributed by atoms with Crippen molar-refractivity contribution in [1.29, 1.82) is 0 Å². The second kappa shape index (κ2) is 8.28. The molecule has 0 spiro atoms. The van der Waals surface area contributed by atoms with E-state index in [-0.39, 0.29) is 12.5 Å². The largest absolute Gasteiger partial charge is 0.374 e. The Bertz CT molecular complexity index is 787. The van der Waals surface area contributed by atoms with Crippen LogP contribution >= 0.6 is 0 Å². The first-order valence-corrected chi connectivity index (χ1v) is 8.71. The van der Waals surface area contributed by atoms with Crippen molar-refractivity contribution in [1.82, 2.24) is 4.98 Å². The van der Waals surface area contributed by atoms with Crippen LogP contribution in [0.1, 0.15) is 18.1 Å². The maximum atomic E-state index is 14.4. The van der Waals surface area contributed by atoms with Crippen molar-refractivity contribution in [2.24, 2.45) is 11.7 Å². The van der Waals surface area contributed by atoms with Crippen LogP contribution in [0, 0.1) is 5.92 Å². The Kier molecular flexibility index (Phi) is 5.84. The van der Waals surface area contributed by atoms with Crippen LogP contribution in [0.5, 0.6) is 0 Å². The van der Waals surface area contributed by atoms with Crippen molar-refractivity contribution >= 4 is 10.9 Å². The topological polar surface area (TPSA) is 51.0 Å². The minimum absolute atomic E-state index is 0.0221.